The fourth-order valence-electron chi connectivity index (χ4n) is 3.64. The van der Waals surface area contributed by atoms with Crippen molar-refractivity contribution in [3.63, 3.8) is 0 Å². The topological polar surface area (TPSA) is 75.4 Å². The number of aryl methyl sites for hydroxylation is 1. The Morgan fingerprint density at radius 2 is 1.97 bits per heavy atom. The number of aromatic nitrogens is 1. The van der Waals surface area contributed by atoms with Crippen molar-refractivity contribution in [3.05, 3.63) is 78.0 Å². The monoisotopic (exact) mass is 389 g/mol. The summed E-state index contributed by atoms with van der Waals surface area (Å²) in [7, 11) is 0. The van der Waals surface area contributed by atoms with Crippen molar-refractivity contribution in [1.82, 2.24) is 15.2 Å². The molecule has 148 valence electrons. The number of nitrogens with one attached hydrogen (secondary N) is 1. The standard InChI is InChI=1S/C23H23N3O3/c1-16-14-19(10-11-24-16)17-6-8-18(9-7-17)22(27)25-20-4-2-12-26(15-20)23(28)21-5-3-13-29-21/h3,5-11,13-14,20H,2,4,12,15H2,1H3,(H,25,27)/t20-/m1/s1. The zero-order valence-electron chi connectivity index (χ0n) is 16.3. The molecule has 29 heavy (non-hydrogen) atoms. The highest BCUT2D eigenvalue weighted by Crippen LogP contribution is 2.20. The molecular weight excluding hydrogens is 366 g/mol. The number of piperidine rings is 1. The zero-order valence-corrected chi connectivity index (χ0v) is 16.3. The Bertz CT molecular complexity index is 996. The van der Waals surface area contributed by atoms with E-state index in [0.717, 1.165) is 29.7 Å². The Morgan fingerprint density at radius 3 is 2.69 bits per heavy atom. The summed E-state index contributed by atoms with van der Waals surface area (Å²) < 4.78 is 5.21. The molecule has 1 atom stereocenters. The van der Waals surface area contributed by atoms with Gasteiger partial charge in [0.2, 0.25) is 0 Å². The fourth-order valence-corrected chi connectivity index (χ4v) is 3.64. The molecule has 1 saturated heterocycles. The maximum atomic E-state index is 12.7. The number of amides is 2. The summed E-state index contributed by atoms with van der Waals surface area (Å²) in [5.74, 6) is 0.0737. The molecule has 4 rings (SSSR count). The summed E-state index contributed by atoms with van der Waals surface area (Å²) in [6, 6.07) is 14.8. The first kappa shape index (κ1) is 18.9. The molecule has 1 aliphatic rings. The summed E-state index contributed by atoms with van der Waals surface area (Å²) in [6.45, 7) is 3.11. The van der Waals surface area contributed by atoms with Gasteiger partial charge in [0.15, 0.2) is 5.76 Å². The zero-order chi connectivity index (χ0) is 20.2. The van der Waals surface area contributed by atoms with Crippen molar-refractivity contribution in [2.75, 3.05) is 13.1 Å². The highest BCUT2D eigenvalue weighted by atomic mass is 16.3. The molecular formula is C23H23N3O3. The number of benzene rings is 1. The van der Waals surface area contributed by atoms with Crippen LogP contribution in [0.4, 0.5) is 0 Å². The molecule has 0 bridgehead atoms. The largest absolute Gasteiger partial charge is 0.459 e. The summed E-state index contributed by atoms with van der Waals surface area (Å²) in [6.07, 6.45) is 4.97. The van der Waals surface area contributed by atoms with Crippen LogP contribution in [0.2, 0.25) is 0 Å². The molecule has 0 aliphatic carbocycles. The molecule has 2 aromatic heterocycles. The van der Waals surface area contributed by atoms with Gasteiger partial charge in [-0.15, -0.1) is 0 Å². The number of nitrogens with zero attached hydrogens (tertiary/aromatic N) is 2. The number of hydrogen-bond donors (Lipinski definition) is 1. The molecule has 0 saturated carbocycles. The van der Waals surface area contributed by atoms with Crippen molar-refractivity contribution < 1.29 is 14.0 Å². The van der Waals surface area contributed by atoms with Gasteiger partial charge in [-0.25, -0.2) is 0 Å². The lowest BCUT2D eigenvalue weighted by Crippen LogP contribution is -2.49. The Morgan fingerprint density at radius 1 is 1.14 bits per heavy atom. The SMILES string of the molecule is Cc1cc(-c2ccc(C(=O)N[C@@H]3CCCN(C(=O)c4ccco4)C3)cc2)ccn1. The molecule has 2 amide bonds. The van der Waals surface area contributed by atoms with Gasteiger partial charge in [0.05, 0.1) is 6.26 Å². The van der Waals surface area contributed by atoms with Crippen molar-refractivity contribution >= 4 is 11.8 Å². The normalized spacial score (nSPS) is 16.4. The van der Waals surface area contributed by atoms with E-state index < -0.39 is 0 Å². The highest BCUT2D eigenvalue weighted by Gasteiger charge is 2.27. The number of hydrogen-bond acceptors (Lipinski definition) is 4. The third-order valence-corrected chi connectivity index (χ3v) is 5.15. The first-order valence-electron chi connectivity index (χ1n) is 9.77. The first-order chi connectivity index (χ1) is 14.1. The van der Waals surface area contributed by atoms with Crippen LogP contribution in [0.25, 0.3) is 11.1 Å². The smallest absolute Gasteiger partial charge is 0.289 e. The van der Waals surface area contributed by atoms with Crippen LogP contribution >= 0.6 is 0 Å². The summed E-state index contributed by atoms with van der Waals surface area (Å²) in [4.78, 5) is 31.1. The van der Waals surface area contributed by atoms with Gasteiger partial charge in [-0.2, -0.15) is 0 Å². The van der Waals surface area contributed by atoms with Gasteiger partial charge >= 0.3 is 0 Å². The van der Waals surface area contributed by atoms with E-state index in [9.17, 15) is 9.59 Å². The summed E-state index contributed by atoms with van der Waals surface area (Å²) >= 11 is 0. The minimum Gasteiger partial charge on any atom is -0.459 e. The number of carbonyl (C=O) groups excluding carboxylic acids is 2. The second kappa shape index (κ2) is 8.31. The van der Waals surface area contributed by atoms with Crippen LogP contribution in [0.5, 0.6) is 0 Å². The van der Waals surface area contributed by atoms with Crippen LogP contribution in [0.3, 0.4) is 0 Å². The molecule has 0 radical (unpaired) electrons. The van der Waals surface area contributed by atoms with E-state index in [1.165, 1.54) is 6.26 Å². The second-order valence-corrected chi connectivity index (χ2v) is 7.30. The van der Waals surface area contributed by atoms with E-state index >= 15 is 0 Å². The molecule has 6 heteroatoms. The van der Waals surface area contributed by atoms with Crippen LogP contribution in [-0.2, 0) is 0 Å². The Balaban J connectivity index is 1.39. The molecule has 0 spiro atoms. The molecule has 1 aromatic carbocycles. The first-order valence-corrected chi connectivity index (χ1v) is 9.77. The quantitative estimate of drug-likeness (QED) is 0.738. The van der Waals surface area contributed by atoms with Gasteiger partial charge in [-0.05, 0) is 67.3 Å². The van der Waals surface area contributed by atoms with Crippen LogP contribution in [0.15, 0.2) is 65.4 Å². The van der Waals surface area contributed by atoms with Crippen molar-refractivity contribution in [2.24, 2.45) is 0 Å². The van der Waals surface area contributed by atoms with Gasteiger partial charge in [-0.1, -0.05) is 12.1 Å². The average Bonchev–Trinajstić information content (AvgIpc) is 3.28. The number of furan rings is 1. The van der Waals surface area contributed by atoms with Crippen LogP contribution in [0, 0.1) is 6.92 Å². The van der Waals surface area contributed by atoms with Gasteiger partial charge in [0.1, 0.15) is 0 Å². The van der Waals surface area contributed by atoms with Crippen molar-refractivity contribution in [2.45, 2.75) is 25.8 Å². The van der Waals surface area contributed by atoms with Gasteiger partial charge in [0, 0.05) is 36.6 Å². The molecule has 1 fully saturated rings. The predicted molar refractivity (Wildman–Crippen MR) is 110 cm³/mol. The Hall–Kier alpha value is -3.41. The third-order valence-electron chi connectivity index (χ3n) is 5.15. The number of likely N-dealkylation sites (tertiary alicyclic amines) is 1. The van der Waals surface area contributed by atoms with E-state index in [1.54, 1.807) is 23.2 Å². The van der Waals surface area contributed by atoms with Gasteiger partial charge in [-0.3, -0.25) is 14.6 Å². The molecule has 1 N–H and O–H groups in total. The minimum atomic E-state index is -0.133. The van der Waals surface area contributed by atoms with E-state index in [-0.39, 0.29) is 17.9 Å². The lowest BCUT2D eigenvalue weighted by molar-refractivity contribution is 0.0647. The van der Waals surface area contributed by atoms with Crippen LogP contribution in [-0.4, -0.2) is 40.8 Å². The van der Waals surface area contributed by atoms with E-state index in [4.69, 9.17) is 4.42 Å². The number of carbonyl (C=O) groups is 2. The highest BCUT2D eigenvalue weighted by molar-refractivity contribution is 5.95. The van der Waals surface area contributed by atoms with Gasteiger partial charge < -0.3 is 14.6 Å². The third kappa shape index (κ3) is 4.37. The molecule has 3 aromatic rings. The fraction of sp³-hybridized carbons (Fsp3) is 0.261. The number of pyridine rings is 1. The lowest BCUT2D eigenvalue weighted by Gasteiger charge is -2.32. The molecule has 3 heterocycles. The van der Waals surface area contributed by atoms with Crippen LogP contribution in [0.1, 0.15) is 39.4 Å². The minimum absolute atomic E-state index is 0.0716. The molecule has 0 unspecified atom stereocenters. The summed E-state index contributed by atoms with van der Waals surface area (Å²) in [5.41, 5.74) is 3.67. The predicted octanol–water partition coefficient (Wildman–Crippen LogP) is 3.68. The number of rotatable bonds is 4. The second-order valence-electron chi connectivity index (χ2n) is 7.30. The maximum Gasteiger partial charge on any atom is 0.289 e. The molecule has 6 nitrogen and oxygen atoms in total. The summed E-state index contributed by atoms with van der Waals surface area (Å²) in [5, 5.41) is 3.06. The van der Waals surface area contributed by atoms with E-state index in [0.29, 0.717) is 24.4 Å². The maximum absolute atomic E-state index is 12.7. The van der Waals surface area contributed by atoms with Crippen LogP contribution < -0.4 is 5.32 Å². The van der Waals surface area contributed by atoms with Crippen molar-refractivity contribution in [3.8, 4) is 11.1 Å². The lowest BCUT2D eigenvalue weighted by atomic mass is 10.0. The average molecular weight is 389 g/mol. The Labute approximate surface area is 169 Å². The van der Waals surface area contributed by atoms with E-state index in [2.05, 4.69) is 10.3 Å². The van der Waals surface area contributed by atoms with Gasteiger partial charge in [0.25, 0.3) is 11.8 Å². The van der Waals surface area contributed by atoms with Crippen molar-refractivity contribution in [1.29, 1.82) is 0 Å². The molecule has 1 aliphatic heterocycles. The Kier molecular flexibility index (Phi) is 5.42. The van der Waals surface area contributed by atoms with E-state index in [1.807, 2.05) is 43.3 Å².